The van der Waals surface area contributed by atoms with Gasteiger partial charge in [-0.1, -0.05) is 19.3 Å². The lowest BCUT2D eigenvalue weighted by molar-refractivity contribution is 0.412. The van der Waals surface area contributed by atoms with Crippen molar-refractivity contribution in [3.05, 3.63) is 39.0 Å². The average molecular weight is 323 g/mol. The van der Waals surface area contributed by atoms with Gasteiger partial charge in [0.05, 0.1) is 15.8 Å². The van der Waals surface area contributed by atoms with Crippen molar-refractivity contribution in [2.45, 2.75) is 43.0 Å². The zero-order valence-electron chi connectivity index (χ0n) is 11.9. The van der Waals surface area contributed by atoms with E-state index in [-0.39, 0.29) is 16.3 Å². The van der Waals surface area contributed by atoms with Gasteiger partial charge in [0, 0.05) is 6.04 Å². The third kappa shape index (κ3) is 2.97. The van der Waals surface area contributed by atoms with Crippen molar-refractivity contribution < 1.29 is 8.42 Å². The van der Waals surface area contributed by atoms with Crippen molar-refractivity contribution in [3.8, 4) is 0 Å². The molecule has 1 fully saturated rings. The molecule has 0 saturated heterocycles. The van der Waals surface area contributed by atoms with E-state index in [0.29, 0.717) is 5.52 Å². The third-order valence-electron chi connectivity index (χ3n) is 3.95. The largest absolute Gasteiger partial charge is 0.326 e. The second kappa shape index (κ2) is 5.69. The molecular formula is C14H17N3O4S. The molecule has 0 aliphatic heterocycles. The Hall–Kier alpha value is -1.93. The number of benzene rings is 1. The third-order valence-corrected chi connectivity index (χ3v) is 5.47. The van der Waals surface area contributed by atoms with Crippen LogP contribution in [0.5, 0.6) is 0 Å². The van der Waals surface area contributed by atoms with Gasteiger partial charge in [0.2, 0.25) is 10.0 Å². The Morgan fingerprint density at radius 1 is 1.05 bits per heavy atom. The van der Waals surface area contributed by atoms with Crippen molar-refractivity contribution in [2.75, 3.05) is 0 Å². The molecule has 1 aliphatic carbocycles. The van der Waals surface area contributed by atoms with Crippen molar-refractivity contribution in [1.29, 1.82) is 0 Å². The zero-order valence-corrected chi connectivity index (χ0v) is 12.7. The summed E-state index contributed by atoms with van der Waals surface area (Å²) < 4.78 is 27.5. The SMILES string of the molecule is O=c1[nH]c(=O)c2cc(S(=O)(=O)NC3CCCCC3)ccc2[nH]1. The van der Waals surface area contributed by atoms with Gasteiger partial charge in [0.15, 0.2) is 0 Å². The van der Waals surface area contributed by atoms with E-state index in [1.807, 2.05) is 0 Å². The van der Waals surface area contributed by atoms with Gasteiger partial charge in [-0.05, 0) is 31.0 Å². The first-order valence-corrected chi connectivity index (χ1v) is 8.73. The van der Waals surface area contributed by atoms with Gasteiger partial charge < -0.3 is 4.98 Å². The molecule has 0 atom stereocenters. The Bertz CT molecular complexity index is 908. The van der Waals surface area contributed by atoms with E-state index in [1.54, 1.807) is 0 Å². The first-order chi connectivity index (χ1) is 10.5. The number of H-pyrrole nitrogens is 2. The molecule has 1 aliphatic rings. The van der Waals surface area contributed by atoms with Gasteiger partial charge in [-0.3, -0.25) is 9.78 Å². The number of hydrogen-bond donors (Lipinski definition) is 3. The highest BCUT2D eigenvalue weighted by atomic mass is 32.2. The van der Waals surface area contributed by atoms with E-state index in [1.165, 1.54) is 18.2 Å². The van der Waals surface area contributed by atoms with Gasteiger partial charge >= 0.3 is 5.69 Å². The van der Waals surface area contributed by atoms with E-state index in [2.05, 4.69) is 14.7 Å². The molecule has 8 heteroatoms. The Morgan fingerprint density at radius 2 is 1.77 bits per heavy atom. The molecule has 2 aromatic rings. The summed E-state index contributed by atoms with van der Waals surface area (Å²) in [5.41, 5.74) is -0.910. The zero-order chi connectivity index (χ0) is 15.7. The summed E-state index contributed by atoms with van der Waals surface area (Å²) in [6.45, 7) is 0. The molecule has 0 bridgehead atoms. The second-order valence-electron chi connectivity index (χ2n) is 5.57. The van der Waals surface area contributed by atoms with Crippen LogP contribution in [0.2, 0.25) is 0 Å². The van der Waals surface area contributed by atoms with Crippen LogP contribution in [0.15, 0.2) is 32.7 Å². The smallest absolute Gasteiger partial charge is 0.307 e. The number of fused-ring (bicyclic) bond motifs is 1. The van der Waals surface area contributed by atoms with Crippen LogP contribution in [-0.2, 0) is 10.0 Å². The Balaban J connectivity index is 1.98. The van der Waals surface area contributed by atoms with Crippen LogP contribution in [0.3, 0.4) is 0 Å². The minimum atomic E-state index is -3.67. The molecule has 22 heavy (non-hydrogen) atoms. The number of sulfonamides is 1. The van der Waals surface area contributed by atoms with Gasteiger partial charge in [-0.2, -0.15) is 0 Å². The lowest BCUT2D eigenvalue weighted by Gasteiger charge is -2.22. The maximum atomic E-state index is 12.4. The highest BCUT2D eigenvalue weighted by Gasteiger charge is 2.22. The molecule has 0 unspecified atom stereocenters. The molecule has 0 amide bonds. The maximum Gasteiger partial charge on any atom is 0.326 e. The molecule has 7 nitrogen and oxygen atoms in total. The number of nitrogens with one attached hydrogen (secondary N) is 3. The number of rotatable bonds is 3. The fourth-order valence-corrected chi connectivity index (χ4v) is 4.15. The second-order valence-corrected chi connectivity index (χ2v) is 7.29. The van der Waals surface area contributed by atoms with Gasteiger partial charge in [-0.25, -0.2) is 17.9 Å². The van der Waals surface area contributed by atoms with Gasteiger partial charge in [0.25, 0.3) is 5.56 Å². The van der Waals surface area contributed by atoms with E-state index in [9.17, 15) is 18.0 Å². The van der Waals surface area contributed by atoms with Crippen LogP contribution < -0.4 is 16.0 Å². The summed E-state index contributed by atoms with van der Waals surface area (Å²) >= 11 is 0. The number of aromatic amines is 2. The molecule has 1 heterocycles. The van der Waals surface area contributed by atoms with Crippen molar-refractivity contribution in [1.82, 2.24) is 14.7 Å². The normalized spacial score (nSPS) is 16.9. The predicted molar refractivity (Wildman–Crippen MR) is 82.4 cm³/mol. The Kier molecular flexibility index (Phi) is 3.88. The topological polar surface area (TPSA) is 112 Å². The quantitative estimate of drug-likeness (QED) is 0.776. The van der Waals surface area contributed by atoms with Crippen LogP contribution in [0.25, 0.3) is 10.9 Å². The van der Waals surface area contributed by atoms with Crippen molar-refractivity contribution in [3.63, 3.8) is 0 Å². The molecule has 3 N–H and O–H groups in total. The van der Waals surface area contributed by atoms with Crippen LogP contribution >= 0.6 is 0 Å². The minimum absolute atomic E-state index is 0.0307. The molecule has 1 aromatic carbocycles. The van der Waals surface area contributed by atoms with Crippen LogP contribution in [-0.4, -0.2) is 24.4 Å². The first kappa shape index (κ1) is 15.0. The van der Waals surface area contributed by atoms with Crippen molar-refractivity contribution >= 4 is 20.9 Å². The van der Waals surface area contributed by atoms with Crippen molar-refractivity contribution in [2.24, 2.45) is 0 Å². The van der Waals surface area contributed by atoms with E-state index < -0.39 is 21.3 Å². The molecule has 1 aromatic heterocycles. The fourth-order valence-electron chi connectivity index (χ4n) is 2.82. The lowest BCUT2D eigenvalue weighted by Crippen LogP contribution is -2.36. The van der Waals surface area contributed by atoms with Crippen LogP contribution in [0, 0.1) is 0 Å². The van der Waals surface area contributed by atoms with Crippen LogP contribution in [0.1, 0.15) is 32.1 Å². The van der Waals surface area contributed by atoms with Gasteiger partial charge in [-0.15, -0.1) is 0 Å². The summed E-state index contributed by atoms with van der Waals surface area (Å²) in [4.78, 5) is 27.6. The summed E-state index contributed by atoms with van der Waals surface area (Å²) in [5.74, 6) is 0. The fraction of sp³-hybridized carbons (Fsp3) is 0.429. The molecular weight excluding hydrogens is 306 g/mol. The maximum absolute atomic E-state index is 12.4. The summed E-state index contributed by atoms with van der Waals surface area (Å²) in [6.07, 6.45) is 4.84. The predicted octanol–water partition coefficient (Wildman–Crippen LogP) is 0.827. The molecule has 3 rings (SSSR count). The monoisotopic (exact) mass is 323 g/mol. The molecule has 0 radical (unpaired) electrons. The molecule has 0 spiro atoms. The highest BCUT2D eigenvalue weighted by Crippen LogP contribution is 2.20. The lowest BCUT2D eigenvalue weighted by atomic mass is 9.96. The van der Waals surface area contributed by atoms with Gasteiger partial charge in [0.1, 0.15) is 0 Å². The number of hydrogen-bond acceptors (Lipinski definition) is 4. The first-order valence-electron chi connectivity index (χ1n) is 7.24. The Morgan fingerprint density at radius 3 is 2.50 bits per heavy atom. The van der Waals surface area contributed by atoms with Crippen LogP contribution in [0.4, 0.5) is 0 Å². The average Bonchev–Trinajstić information content (AvgIpc) is 2.47. The van der Waals surface area contributed by atoms with E-state index in [4.69, 9.17) is 0 Å². The highest BCUT2D eigenvalue weighted by molar-refractivity contribution is 7.89. The standard InChI is InChI=1S/C14H17N3O4S/c18-13-11-8-10(6-7-12(11)15-14(19)16-13)22(20,21)17-9-4-2-1-3-5-9/h6-9,17H,1-5H2,(H2,15,16,18,19). The number of aromatic nitrogens is 2. The Labute approximate surface area is 126 Å². The van der Waals surface area contributed by atoms with E-state index >= 15 is 0 Å². The minimum Gasteiger partial charge on any atom is -0.307 e. The summed E-state index contributed by atoms with van der Waals surface area (Å²) in [5, 5.41) is 0.145. The molecule has 118 valence electrons. The summed E-state index contributed by atoms with van der Waals surface area (Å²) in [6, 6.07) is 4.06. The van der Waals surface area contributed by atoms with E-state index in [0.717, 1.165) is 32.1 Å². The molecule has 1 saturated carbocycles. The summed E-state index contributed by atoms with van der Waals surface area (Å²) in [7, 11) is -3.67.